The highest BCUT2D eigenvalue weighted by atomic mass is 35.5. The largest absolute Gasteiger partial charge is 0.382 e. The quantitative estimate of drug-likeness (QED) is 0.356. The van der Waals surface area contributed by atoms with Crippen LogP contribution in [0.15, 0.2) is 42.5 Å². The Morgan fingerprint density at radius 1 is 1.06 bits per heavy atom. The summed E-state index contributed by atoms with van der Waals surface area (Å²) < 4.78 is 55.9. The number of hydrogen-bond acceptors (Lipinski definition) is 7. The molecule has 1 aliphatic carbocycles. The number of nitrogens with one attached hydrogen (secondary N) is 2. The maximum absolute atomic E-state index is 14.0. The minimum atomic E-state index is -3.56. The molecule has 0 aliphatic heterocycles. The maximum Gasteiger partial charge on any atom is 0.216 e. The summed E-state index contributed by atoms with van der Waals surface area (Å²) in [5, 5.41) is 3.97. The van der Waals surface area contributed by atoms with Gasteiger partial charge in [-0.25, -0.2) is 26.9 Å². The van der Waals surface area contributed by atoms with Crippen molar-refractivity contribution in [1.29, 1.82) is 0 Å². The van der Waals surface area contributed by atoms with Gasteiger partial charge < -0.3 is 11.1 Å². The number of halogens is 3. The van der Waals surface area contributed by atoms with Gasteiger partial charge in [-0.05, 0) is 49.4 Å². The summed E-state index contributed by atoms with van der Waals surface area (Å²) in [5.74, 6) is -3.09. The Morgan fingerprint density at radius 3 is 2.34 bits per heavy atom. The molecule has 0 atom stereocenters. The molecule has 12 heteroatoms. The molecule has 0 unspecified atom stereocenters. The summed E-state index contributed by atoms with van der Waals surface area (Å²) >= 11 is 7.01. The number of aromatic nitrogens is 1. The number of rotatable bonds is 8. The van der Waals surface area contributed by atoms with Gasteiger partial charge in [-0.15, -0.1) is 0 Å². The van der Waals surface area contributed by atoms with Gasteiger partial charge in [-0.1, -0.05) is 47.2 Å². The molecular formula is C23H23ClF2N4O3S2. The molecular weight excluding hydrogens is 518 g/mol. The van der Waals surface area contributed by atoms with Gasteiger partial charge in [-0.3, -0.25) is 4.79 Å². The van der Waals surface area contributed by atoms with Crippen molar-refractivity contribution < 1.29 is 22.0 Å². The average Bonchev–Trinajstić information content (AvgIpc) is 3.16. The minimum Gasteiger partial charge on any atom is -0.382 e. The Kier molecular flexibility index (Phi) is 7.70. The number of ketones is 1. The molecule has 4 N–H and O–H groups in total. The van der Waals surface area contributed by atoms with E-state index in [1.807, 2.05) is 0 Å². The van der Waals surface area contributed by atoms with E-state index in [1.165, 1.54) is 6.07 Å². The average molecular weight is 541 g/mol. The van der Waals surface area contributed by atoms with Crippen LogP contribution in [-0.2, 0) is 15.8 Å². The zero-order chi connectivity index (χ0) is 25.2. The normalized spacial score (nSPS) is 18.4. The third-order valence-corrected chi connectivity index (χ3v) is 8.51. The second-order valence-electron chi connectivity index (χ2n) is 8.32. The van der Waals surface area contributed by atoms with Crippen molar-refractivity contribution in [2.75, 3.05) is 11.1 Å². The van der Waals surface area contributed by atoms with Crippen LogP contribution < -0.4 is 15.8 Å². The molecule has 1 fully saturated rings. The highest BCUT2D eigenvalue weighted by Crippen LogP contribution is 2.31. The molecule has 3 aromatic rings. The van der Waals surface area contributed by atoms with E-state index in [2.05, 4.69) is 15.0 Å². The van der Waals surface area contributed by atoms with E-state index in [0.717, 1.165) is 23.5 Å². The van der Waals surface area contributed by atoms with Crippen LogP contribution >= 0.6 is 22.9 Å². The second kappa shape index (κ2) is 10.6. The summed E-state index contributed by atoms with van der Waals surface area (Å²) in [6.45, 7) is 0. The third-order valence-electron chi connectivity index (χ3n) is 5.75. The van der Waals surface area contributed by atoms with Gasteiger partial charge in [0.05, 0.1) is 11.3 Å². The van der Waals surface area contributed by atoms with Gasteiger partial charge in [0.1, 0.15) is 22.3 Å². The Labute approximate surface area is 210 Å². The van der Waals surface area contributed by atoms with Gasteiger partial charge >= 0.3 is 0 Å². The van der Waals surface area contributed by atoms with E-state index >= 15 is 0 Å². The third kappa shape index (κ3) is 6.16. The van der Waals surface area contributed by atoms with Gasteiger partial charge in [-0.2, -0.15) is 0 Å². The van der Waals surface area contributed by atoms with Crippen molar-refractivity contribution in [3.8, 4) is 0 Å². The number of hydrogen-bond donors (Lipinski definition) is 3. The van der Waals surface area contributed by atoms with Crippen LogP contribution in [0.4, 0.5) is 19.7 Å². The standard InChI is InChI=1S/C23H23ClF2N4O3S2/c24-16-5-2-1-4-13(16)12-35(32,33)30-15-10-8-14(9-11-15)28-23-29-22(27)21(34-23)20(31)19-17(25)6-3-7-18(19)26/h1-7,14-15,30H,8-12,27H2,(H,28,29). The molecule has 1 saturated carbocycles. The first-order chi connectivity index (χ1) is 16.6. The number of sulfonamides is 1. The van der Waals surface area contributed by atoms with E-state index in [1.54, 1.807) is 24.3 Å². The van der Waals surface area contributed by atoms with Crippen molar-refractivity contribution in [1.82, 2.24) is 9.71 Å². The van der Waals surface area contributed by atoms with Crippen LogP contribution in [-0.4, -0.2) is 31.3 Å². The molecule has 1 aliphatic rings. The Hall–Kier alpha value is -2.60. The molecule has 186 valence electrons. The smallest absolute Gasteiger partial charge is 0.216 e. The molecule has 1 heterocycles. The van der Waals surface area contributed by atoms with Crippen molar-refractivity contribution >= 4 is 49.7 Å². The van der Waals surface area contributed by atoms with Gasteiger partial charge in [0.25, 0.3) is 0 Å². The molecule has 1 aromatic heterocycles. The lowest BCUT2D eigenvalue weighted by atomic mass is 9.92. The molecule has 0 amide bonds. The summed E-state index contributed by atoms with van der Waals surface area (Å²) in [4.78, 5) is 16.7. The second-order valence-corrected chi connectivity index (χ2v) is 11.5. The summed E-state index contributed by atoms with van der Waals surface area (Å²) in [7, 11) is -3.56. The van der Waals surface area contributed by atoms with E-state index in [9.17, 15) is 22.0 Å². The number of carbonyl (C=O) groups is 1. The van der Waals surface area contributed by atoms with E-state index in [0.29, 0.717) is 41.4 Å². The molecule has 2 aromatic carbocycles. The first-order valence-electron chi connectivity index (χ1n) is 10.9. The predicted molar refractivity (Wildman–Crippen MR) is 133 cm³/mol. The number of anilines is 2. The molecule has 7 nitrogen and oxygen atoms in total. The lowest BCUT2D eigenvalue weighted by Crippen LogP contribution is -2.40. The molecule has 4 rings (SSSR count). The lowest BCUT2D eigenvalue weighted by molar-refractivity contribution is 0.103. The topological polar surface area (TPSA) is 114 Å². The van der Waals surface area contributed by atoms with Crippen LogP contribution in [0.5, 0.6) is 0 Å². The van der Waals surface area contributed by atoms with Gasteiger partial charge in [0.15, 0.2) is 5.13 Å². The molecule has 0 spiro atoms. The molecule has 0 radical (unpaired) electrons. The Morgan fingerprint density at radius 2 is 1.69 bits per heavy atom. The van der Waals surface area contributed by atoms with Gasteiger partial charge in [0, 0.05) is 17.1 Å². The highest BCUT2D eigenvalue weighted by molar-refractivity contribution is 7.88. The predicted octanol–water partition coefficient (Wildman–Crippen LogP) is 4.73. The number of thiazole rings is 1. The number of nitrogens with zero attached hydrogens (tertiary/aromatic N) is 1. The molecule has 35 heavy (non-hydrogen) atoms. The fraction of sp³-hybridized carbons (Fsp3) is 0.304. The Balaban J connectivity index is 1.34. The summed E-state index contributed by atoms with van der Waals surface area (Å²) in [6, 6.07) is 9.79. The zero-order valence-corrected chi connectivity index (χ0v) is 20.8. The first kappa shape index (κ1) is 25.5. The lowest BCUT2D eigenvalue weighted by Gasteiger charge is -2.29. The molecule has 0 bridgehead atoms. The van der Waals surface area contributed by atoms with E-state index < -0.39 is 33.0 Å². The van der Waals surface area contributed by atoms with Crippen LogP contribution in [0.25, 0.3) is 0 Å². The van der Waals surface area contributed by atoms with Crippen LogP contribution in [0.2, 0.25) is 5.02 Å². The zero-order valence-electron chi connectivity index (χ0n) is 18.4. The maximum atomic E-state index is 14.0. The number of nitrogen functional groups attached to an aromatic ring is 1. The fourth-order valence-electron chi connectivity index (χ4n) is 4.03. The van der Waals surface area contributed by atoms with Crippen molar-refractivity contribution in [2.24, 2.45) is 0 Å². The van der Waals surface area contributed by atoms with Crippen LogP contribution in [0, 0.1) is 11.6 Å². The number of nitrogens with two attached hydrogens (primary N) is 1. The Bertz CT molecular complexity index is 1320. The first-order valence-corrected chi connectivity index (χ1v) is 13.7. The minimum absolute atomic E-state index is 0.0157. The molecule has 0 saturated heterocycles. The van der Waals surface area contributed by atoms with Crippen molar-refractivity contribution in [3.05, 3.63) is 75.1 Å². The number of carbonyl (C=O) groups excluding carboxylic acids is 1. The van der Waals surface area contributed by atoms with Crippen LogP contribution in [0.3, 0.4) is 0 Å². The highest BCUT2D eigenvalue weighted by Gasteiger charge is 2.28. The van der Waals surface area contributed by atoms with E-state index in [4.69, 9.17) is 17.3 Å². The van der Waals surface area contributed by atoms with E-state index in [-0.39, 0.29) is 28.5 Å². The SMILES string of the molecule is Nc1nc(NC2CCC(NS(=O)(=O)Cc3ccccc3Cl)CC2)sc1C(=O)c1c(F)cccc1F. The van der Waals surface area contributed by atoms with Crippen molar-refractivity contribution in [3.63, 3.8) is 0 Å². The summed E-state index contributed by atoms with van der Waals surface area (Å²) in [6.07, 6.45) is 2.52. The van der Waals surface area contributed by atoms with Crippen molar-refractivity contribution in [2.45, 2.75) is 43.5 Å². The summed E-state index contributed by atoms with van der Waals surface area (Å²) in [5.41, 5.74) is 5.73. The monoisotopic (exact) mass is 540 g/mol. The van der Waals surface area contributed by atoms with Gasteiger partial charge in [0.2, 0.25) is 15.8 Å². The van der Waals surface area contributed by atoms with Crippen LogP contribution in [0.1, 0.15) is 46.5 Å². The number of benzene rings is 2. The fourth-order valence-corrected chi connectivity index (χ4v) is 6.71.